The molecule has 3 aromatic rings. The summed E-state index contributed by atoms with van der Waals surface area (Å²) in [6, 6.07) is 23.6. The van der Waals surface area contributed by atoms with E-state index in [0.717, 1.165) is 37.6 Å². The van der Waals surface area contributed by atoms with Crippen molar-refractivity contribution in [1.82, 2.24) is 10.2 Å². The third kappa shape index (κ3) is 5.93. The van der Waals surface area contributed by atoms with E-state index < -0.39 is 11.7 Å². The van der Waals surface area contributed by atoms with Gasteiger partial charge in [-0.3, -0.25) is 4.79 Å². The van der Waals surface area contributed by atoms with Crippen LogP contribution < -0.4 is 5.32 Å². The summed E-state index contributed by atoms with van der Waals surface area (Å²) in [5, 5.41) is 3.16. The molecule has 0 aromatic heterocycles. The molecule has 1 N–H and O–H groups in total. The summed E-state index contributed by atoms with van der Waals surface area (Å²) in [7, 11) is 0. The van der Waals surface area contributed by atoms with Gasteiger partial charge in [-0.05, 0) is 68.1 Å². The van der Waals surface area contributed by atoms with E-state index in [-0.39, 0.29) is 11.3 Å². The van der Waals surface area contributed by atoms with Crippen molar-refractivity contribution in [2.75, 3.05) is 26.2 Å². The number of aryl methyl sites for hydroxylation is 1. The number of rotatable bonds is 7. The van der Waals surface area contributed by atoms with Crippen LogP contribution in [0.3, 0.4) is 0 Å². The third-order valence-corrected chi connectivity index (χ3v) is 7.20. The number of carbonyl (C=O) groups excluding carboxylic acids is 1. The summed E-state index contributed by atoms with van der Waals surface area (Å²) < 4.78 is 40.1. The van der Waals surface area contributed by atoms with Crippen LogP contribution in [0.1, 0.15) is 45.5 Å². The fourth-order valence-corrected chi connectivity index (χ4v) is 5.03. The van der Waals surface area contributed by atoms with E-state index in [0.29, 0.717) is 30.6 Å². The Bertz CT molecular complexity index is 1140. The Morgan fingerprint density at radius 3 is 2.23 bits per heavy atom. The van der Waals surface area contributed by atoms with Gasteiger partial charge in [-0.2, -0.15) is 13.2 Å². The van der Waals surface area contributed by atoms with Gasteiger partial charge in [-0.15, -0.1) is 0 Å². The number of amides is 1. The van der Waals surface area contributed by atoms with Crippen molar-refractivity contribution in [3.63, 3.8) is 0 Å². The molecule has 184 valence electrons. The van der Waals surface area contributed by atoms with Gasteiger partial charge < -0.3 is 10.2 Å². The van der Waals surface area contributed by atoms with Crippen LogP contribution in [0.4, 0.5) is 13.2 Å². The Hall–Kier alpha value is -3.12. The molecule has 3 aromatic carbocycles. The van der Waals surface area contributed by atoms with Gasteiger partial charge in [0, 0.05) is 24.1 Å². The fourth-order valence-electron chi connectivity index (χ4n) is 5.03. The molecule has 4 rings (SSSR count). The lowest BCUT2D eigenvalue weighted by atomic mass is 9.72. The second kappa shape index (κ2) is 10.6. The van der Waals surface area contributed by atoms with Crippen molar-refractivity contribution in [3.05, 3.63) is 107 Å². The third-order valence-electron chi connectivity index (χ3n) is 7.20. The van der Waals surface area contributed by atoms with E-state index in [1.54, 1.807) is 12.1 Å². The van der Waals surface area contributed by atoms with Crippen LogP contribution in [0.2, 0.25) is 0 Å². The first-order valence-electron chi connectivity index (χ1n) is 12.1. The van der Waals surface area contributed by atoms with Crippen LogP contribution in [-0.2, 0) is 18.0 Å². The van der Waals surface area contributed by atoms with Crippen molar-refractivity contribution in [1.29, 1.82) is 0 Å². The van der Waals surface area contributed by atoms with Crippen LogP contribution in [0.25, 0.3) is 0 Å². The van der Waals surface area contributed by atoms with Crippen LogP contribution in [0, 0.1) is 6.92 Å². The number of nitrogens with one attached hydrogen (secondary N) is 1. The van der Waals surface area contributed by atoms with E-state index in [1.165, 1.54) is 11.6 Å². The minimum absolute atomic E-state index is 0.0791. The van der Waals surface area contributed by atoms with E-state index in [1.807, 2.05) is 49.4 Å². The van der Waals surface area contributed by atoms with E-state index in [4.69, 9.17) is 0 Å². The molecule has 0 aliphatic carbocycles. The molecule has 1 fully saturated rings. The zero-order valence-corrected chi connectivity index (χ0v) is 19.9. The monoisotopic (exact) mass is 480 g/mol. The van der Waals surface area contributed by atoms with Crippen molar-refractivity contribution in [2.45, 2.75) is 37.8 Å². The number of nitrogens with zero attached hydrogens (tertiary/aromatic N) is 1. The summed E-state index contributed by atoms with van der Waals surface area (Å²) in [4.78, 5) is 15.1. The standard InChI is InChI=1S/C29H31F3N2O/c1-22-9-5-7-13-25(22)27(35)33-21-28(24-11-3-2-4-12-24)16-19-34(20-17-28)18-15-23-10-6-8-14-26(23)29(30,31)32/h2-14H,15-21H2,1H3,(H,33,35). The molecule has 3 nitrogen and oxygen atoms in total. The largest absolute Gasteiger partial charge is 0.416 e. The van der Waals surface area contributed by atoms with Crippen molar-refractivity contribution < 1.29 is 18.0 Å². The smallest absolute Gasteiger partial charge is 0.351 e. The highest BCUT2D eigenvalue weighted by atomic mass is 19.4. The summed E-state index contributed by atoms with van der Waals surface area (Å²) >= 11 is 0. The average Bonchev–Trinajstić information content (AvgIpc) is 2.87. The molecule has 1 aliphatic heterocycles. The molecule has 35 heavy (non-hydrogen) atoms. The normalized spacial score (nSPS) is 16.1. The van der Waals surface area contributed by atoms with Gasteiger partial charge in [-0.25, -0.2) is 0 Å². The maximum absolute atomic E-state index is 13.4. The number of likely N-dealkylation sites (tertiary alicyclic amines) is 1. The summed E-state index contributed by atoms with van der Waals surface area (Å²) in [6.45, 7) is 4.56. The number of alkyl halides is 3. The molecule has 6 heteroatoms. The van der Waals surface area contributed by atoms with Crippen molar-refractivity contribution >= 4 is 5.91 Å². The molecule has 1 aliphatic rings. The first kappa shape index (κ1) is 25.0. The highest BCUT2D eigenvalue weighted by molar-refractivity contribution is 5.95. The molecule has 0 bridgehead atoms. The second-order valence-corrected chi connectivity index (χ2v) is 9.39. The van der Waals surface area contributed by atoms with Gasteiger partial charge in [-0.1, -0.05) is 66.7 Å². The Morgan fingerprint density at radius 2 is 1.54 bits per heavy atom. The minimum Gasteiger partial charge on any atom is -0.351 e. The topological polar surface area (TPSA) is 32.3 Å². The maximum atomic E-state index is 13.4. The summed E-state index contributed by atoms with van der Waals surface area (Å²) in [5.74, 6) is -0.0791. The van der Waals surface area contributed by atoms with E-state index in [9.17, 15) is 18.0 Å². The average molecular weight is 481 g/mol. The predicted octanol–water partition coefficient (Wildman–Crippen LogP) is 6.02. The molecule has 0 radical (unpaired) electrons. The Balaban J connectivity index is 1.43. The van der Waals surface area contributed by atoms with Crippen LogP contribution in [-0.4, -0.2) is 37.0 Å². The van der Waals surface area contributed by atoms with Gasteiger partial charge in [0.25, 0.3) is 5.91 Å². The van der Waals surface area contributed by atoms with Crippen molar-refractivity contribution in [3.8, 4) is 0 Å². The zero-order chi connectivity index (χ0) is 24.9. The Labute approximate surface area is 205 Å². The lowest BCUT2D eigenvalue weighted by molar-refractivity contribution is -0.138. The second-order valence-electron chi connectivity index (χ2n) is 9.39. The minimum atomic E-state index is -4.34. The zero-order valence-electron chi connectivity index (χ0n) is 19.9. The molecule has 1 heterocycles. The summed E-state index contributed by atoms with van der Waals surface area (Å²) in [6.07, 6.45) is -2.33. The molecular weight excluding hydrogens is 449 g/mol. The summed E-state index contributed by atoms with van der Waals surface area (Å²) in [5.41, 5.74) is 2.39. The van der Waals surface area contributed by atoms with Crippen LogP contribution in [0.15, 0.2) is 78.9 Å². The molecule has 0 spiro atoms. The highest BCUT2D eigenvalue weighted by Gasteiger charge is 2.37. The molecule has 0 unspecified atom stereocenters. The number of benzene rings is 3. The van der Waals surface area contributed by atoms with Gasteiger partial charge in [0.05, 0.1) is 5.56 Å². The maximum Gasteiger partial charge on any atom is 0.416 e. The number of halogens is 3. The predicted molar refractivity (Wildman–Crippen MR) is 132 cm³/mol. The Kier molecular flexibility index (Phi) is 7.60. The molecule has 0 saturated carbocycles. The van der Waals surface area contributed by atoms with E-state index in [2.05, 4.69) is 22.3 Å². The van der Waals surface area contributed by atoms with Crippen molar-refractivity contribution in [2.24, 2.45) is 0 Å². The number of carbonyl (C=O) groups is 1. The quantitative estimate of drug-likeness (QED) is 0.449. The van der Waals surface area contributed by atoms with Gasteiger partial charge >= 0.3 is 6.18 Å². The van der Waals surface area contributed by atoms with E-state index >= 15 is 0 Å². The fraction of sp³-hybridized carbons (Fsp3) is 0.345. The van der Waals surface area contributed by atoms with Crippen LogP contribution in [0.5, 0.6) is 0 Å². The molecule has 0 atom stereocenters. The van der Waals surface area contributed by atoms with Gasteiger partial charge in [0.2, 0.25) is 0 Å². The van der Waals surface area contributed by atoms with Crippen LogP contribution >= 0.6 is 0 Å². The SMILES string of the molecule is Cc1ccccc1C(=O)NCC1(c2ccccc2)CCN(CCc2ccccc2C(F)(F)F)CC1. The lowest BCUT2D eigenvalue weighted by Crippen LogP contribution is -2.49. The first-order chi connectivity index (χ1) is 16.8. The molecular formula is C29H31F3N2O. The Morgan fingerprint density at radius 1 is 0.914 bits per heavy atom. The van der Waals surface area contributed by atoms with Gasteiger partial charge in [0.15, 0.2) is 0 Å². The first-order valence-corrected chi connectivity index (χ1v) is 12.1. The molecule has 1 amide bonds. The number of piperidine rings is 1. The highest BCUT2D eigenvalue weighted by Crippen LogP contribution is 2.36. The van der Waals surface area contributed by atoms with Gasteiger partial charge in [0.1, 0.15) is 0 Å². The number of hydrogen-bond acceptors (Lipinski definition) is 2. The number of hydrogen-bond donors (Lipinski definition) is 1. The lowest BCUT2D eigenvalue weighted by Gasteiger charge is -2.42. The molecule has 1 saturated heterocycles.